The van der Waals surface area contributed by atoms with Gasteiger partial charge in [0.05, 0.1) is 0 Å². The minimum Gasteiger partial charge on any atom is -0.483 e. The highest BCUT2D eigenvalue weighted by Crippen LogP contribution is 2.24. The number of carbonyl (C=O) groups is 1. The maximum absolute atomic E-state index is 12.1. The van der Waals surface area contributed by atoms with E-state index in [4.69, 9.17) is 16.3 Å². The van der Waals surface area contributed by atoms with Gasteiger partial charge in [-0.15, -0.1) is 0 Å². The van der Waals surface area contributed by atoms with Crippen molar-refractivity contribution in [1.82, 2.24) is 0 Å². The van der Waals surface area contributed by atoms with Crippen molar-refractivity contribution in [3.63, 3.8) is 0 Å². The van der Waals surface area contributed by atoms with Crippen LogP contribution in [0.1, 0.15) is 22.3 Å². The van der Waals surface area contributed by atoms with Crippen LogP contribution < -0.4 is 10.1 Å². The lowest BCUT2D eigenvalue weighted by Gasteiger charge is -2.13. The van der Waals surface area contributed by atoms with Crippen molar-refractivity contribution < 1.29 is 9.53 Å². The van der Waals surface area contributed by atoms with Crippen LogP contribution in [0, 0.1) is 27.7 Å². The number of nitrogens with one attached hydrogen (secondary N) is 1. The highest BCUT2D eigenvalue weighted by molar-refractivity contribution is 6.31. The first-order valence-corrected chi connectivity index (χ1v) is 7.52. The number of benzene rings is 2. The molecule has 116 valence electrons. The molecule has 0 aliphatic heterocycles. The molecule has 3 nitrogen and oxygen atoms in total. The van der Waals surface area contributed by atoms with E-state index < -0.39 is 0 Å². The first kappa shape index (κ1) is 16.4. The van der Waals surface area contributed by atoms with Gasteiger partial charge in [0, 0.05) is 10.7 Å². The Balaban J connectivity index is 2.03. The van der Waals surface area contributed by atoms with Crippen LogP contribution in [0.4, 0.5) is 5.69 Å². The van der Waals surface area contributed by atoms with Crippen LogP contribution in [0.25, 0.3) is 0 Å². The van der Waals surface area contributed by atoms with Crippen molar-refractivity contribution in [1.29, 1.82) is 0 Å². The van der Waals surface area contributed by atoms with Gasteiger partial charge in [-0.3, -0.25) is 4.79 Å². The molecule has 0 aromatic heterocycles. The molecule has 1 amide bonds. The Morgan fingerprint density at radius 1 is 1.14 bits per heavy atom. The lowest BCUT2D eigenvalue weighted by molar-refractivity contribution is -0.118. The fraction of sp³-hybridized carbons (Fsp3) is 0.278. The van der Waals surface area contributed by atoms with Crippen LogP contribution >= 0.6 is 11.6 Å². The number of hydrogen-bond acceptors (Lipinski definition) is 2. The molecule has 0 bridgehead atoms. The molecule has 0 spiro atoms. The van der Waals surface area contributed by atoms with E-state index in [2.05, 4.69) is 11.4 Å². The minimum atomic E-state index is -0.205. The van der Waals surface area contributed by atoms with Gasteiger partial charge in [-0.05, 0) is 68.1 Å². The van der Waals surface area contributed by atoms with Gasteiger partial charge < -0.3 is 10.1 Å². The summed E-state index contributed by atoms with van der Waals surface area (Å²) in [5, 5.41) is 3.45. The van der Waals surface area contributed by atoms with Crippen LogP contribution in [0.3, 0.4) is 0 Å². The molecule has 0 fully saturated rings. The molecular weight excluding hydrogens is 298 g/mol. The van der Waals surface area contributed by atoms with Crippen molar-refractivity contribution in [2.75, 3.05) is 11.9 Å². The Hall–Kier alpha value is -2.00. The summed E-state index contributed by atoms with van der Waals surface area (Å²) < 4.78 is 5.66. The predicted octanol–water partition coefficient (Wildman–Crippen LogP) is 4.59. The number of amides is 1. The van der Waals surface area contributed by atoms with Crippen molar-refractivity contribution in [3.05, 3.63) is 57.6 Å². The summed E-state index contributed by atoms with van der Waals surface area (Å²) in [6.07, 6.45) is 0. The van der Waals surface area contributed by atoms with Gasteiger partial charge in [0.15, 0.2) is 6.61 Å². The summed E-state index contributed by atoms with van der Waals surface area (Å²) in [5.41, 5.74) is 4.88. The number of anilines is 1. The number of aryl methyl sites for hydroxylation is 2. The summed E-state index contributed by atoms with van der Waals surface area (Å²) in [5.74, 6) is 0.541. The molecule has 0 aliphatic carbocycles. The minimum absolute atomic E-state index is 0.0321. The number of carbonyl (C=O) groups excluding carboxylic acids is 1. The van der Waals surface area contributed by atoms with Crippen molar-refractivity contribution in [2.45, 2.75) is 27.7 Å². The molecule has 1 N–H and O–H groups in total. The Morgan fingerprint density at radius 2 is 1.86 bits per heavy atom. The highest BCUT2D eigenvalue weighted by Gasteiger charge is 2.09. The third kappa shape index (κ3) is 3.80. The number of hydrogen-bond donors (Lipinski definition) is 1. The van der Waals surface area contributed by atoms with Crippen LogP contribution in [-0.4, -0.2) is 12.5 Å². The highest BCUT2D eigenvalue weighted by atomic mass is 35.5. The third-order valence-electron chi connectivity index (χ3n) is 3.66. The first-order chi connectivity index (χ1) is 10.4. The largest absolute Gasteiger partial charge is 0.483 e. The summed E-state index contributed by atoms with van der Waals surface area (Å²) in [7, 11) is 0. The van der Waals surface area contributed by atoms with E-state index in [1.54, 1.807) is 12.1 Å². The van der Waals surface area contributed by atoms with Gasteiger partial charge in [-0.1, -0.05) is 23.7 Å². The van der Waals surface area contributed by atoms with Gasteiger partial charge in [0.2, 0.25) is 0 Å². The lowest BCUT2D eigenvalue weighted by atomic mass is 10.1. The summed E-state index contributed by atoms with van der Waals surface area (Å²) >= 11 is 6.04. The second-order valence-electron chi connectivity index (χ2n) is 5.45. The normalized spacial score (nSPS) is 10.4. The Kier molecular flexibility index (Phi) is 5.09. The monoisotopic (exact) mass is 317 g/mol. The number of halogens is 1. The molecule has 2 aromatic carbocycles. The average Bonchev–Trinajstić information content (AvgIpc) is 2.46. The SMILES string of the molecule is Cc1cc(C)c(C)c(OCC(=O)Nc2cccc(Cl)c2C)c1. The third-order valence-corrected chi connectivity index (χ3v) is 4.07. The smallest absolute Gasteiger partial charge is 0.262 e. The molecule has 2 rings (SSSR count). The molecule has 22 heavy (non-hydrogen) atoms. The van der Waals surface area contributed by atoms with Crippen molar-refractivity contribution in [2.24, 2.45) is 0 Å². The summed E-state index contributed by atoms with van der Waals surface area (Å²) in [6.45, 7) is 7.87. The number of ether oxygens (including phenoxy) is 1. The van der Waals surface area contributed by atoms with Crippen LogP contribution in [0.5, 0.6) is 5.75 Å². The molecule has 2 aromatic rings. The van der Waals surface area contributed by atoms with E-state index in [1.807, 2.05) is 39.8 Å². The van der Waals surface area contributed by atoms with Crippen molar-refractivity contribution >= 4 is 23.2 Å². The van der Waals surface area contributed by atoms with Gasteiger partial charge in [0.1, 0.15) is 5.75 Å². The molecule has 0 saturated carbocycles. The van der Waals surface area contributed by atoms with Crippen LogP contribution in [0.15, 0.2) is 30.3 Å². The Bertz CT molecular complexity index is 710. The second-order valence-corrected chi connectivity index (χ2v) is 5.86. The standard InChI is InChI=1S/C18H20ClNO2/c1-11-8-12(2)13(3)17(9-11)22-10-18(21)20-16-7-5-6-15(19)14(16)4/h5-9H,10H2,1-4H3,(H,20,21). The van der Waals surface area contributed by atoms with E-state index in [0.29, 0.717) is 10.7 Å². The predicted molar refractivity (Wildman–Crippen MR) is 91.0 cm³/mol. The Labute approximate surface area is 136 Å². The van der Waals surface area contributed by atoms with Gasteiger partial charge in [-0.2, -0.15) is 0 Å². The first-order valence-electron chi connectivity index (χ1n) is 7.14. The van der Waals surface area contributed by atoms with Crippen LogP contribution in [-0.2, 0) is 4.79 Å². The van der Waals surface area contributed by atoms with Gasteiger partial charge in [-0.25, -0.2) is 0 Å². The maximum Gasteiger partial charge on any atom is 0.262 e. The maximum atomic E-state index is 12.1. The van der Waals surface area contributed by atoms with E-state index in [0.717, 1.165) is 28.0 Å². The molecular formula is C18H20ClNO2. The zero-order chi connectivity index (χ0) is 16.3. The molecule has 0 radical (unpaired) electrons. The van der Waals surface area contributed by atoms with Gasteiger partial charge >= 0.3 is 0 Å². The fourth-order valence-corrected chi connectivity index (χ4v) is 2.40. The molecule has 4 heteroatoms. The molecule has 0 aliphatic rings. The zero-order valence-corrected chi connectivity index (χ0v) is 14.0. The fourth-order valence-electron chi connectivity index (χ4n) is 2.22. The van der Waals surface area contributed by atoms with Gasteiger partial charge in [0.25, 0.3) is 5.91 Å². The lowest BCUT2D eigenvalue weighted by Crippen LogP contribution is -2.21. The number of rotatable bonds is 4. The van der Waals surface area contributed by atoms with Crippen LogP contribution in [0.2, 0.25) is 5.02 Å². The molecule has 0 heterocycles. The van der Waals surface area contributed by atoms with E-state index in [9.17, 15) is 4.79 Å². The second kappa shape index (κ2) is 6.84. The van der Waals surface area contributed by atoms with E-state index in [-0.39, 0.29) is 12.5 Å². The summed E-state index contributed by atoms with van der Waals surface area (Å²) in [4.78, 5) is 12.1. The molecule has 0 saturated heterocycles. The summed E-state index contributed by atoms with van der Waals surface area (Å²) in [6, 6.07) is 9.46. The Morgan fingerprint density at radius 3 is 2.59 bits per heavy atom. The topological polar surface area (TPSA) is 38.3 Å². The van der Waals surface area contributed by atoms with Crippen molar-refractivity contribution in [3.8, 4) is 5.75 Å². The average molecular weight is 318 g/mol. The molecule has 0 atom stereocenters. The quantitative estimate of drug-likeness (QED) is 0.895. The molecule has 0 unspecified atom stereocenters. The van der Waals surface area contributed by atoms with E-state index >= 15 is 0 Å². The zero-order valence-electron chi connectivity index (χ0n) is 13.3. The van der Waals surface area contributed by atoms with E-state index in [1.165, 1.54) is 0 Å².